The second-order valence-corrected chi connectivity index (χ2v) is 6.02. The summed E-state index contributed by atoms with van der Waals surface area (Å²) in [6.45, 7) is 8.80. The van der Waals surface area contributed by atoms with Crippen LogP contribution in [0, 0.1) is 0 Å². The normalized spacial score (nSPS) is 41.6. The lowest BCUT2D eigenvalue weighted by Crippen LogP contribution is -2.57. The Balaban J connectivity index is 1.90. The van der Waals surface area contributed by atoms with Crippen molar-refractivity contribution in [2.45, 2.75) is 44.5 Å². The molecule has 2 fully saturated rings. The Labute approximate surface area is 105 Å². The van der Waals surface area contributed by atoms with Crippen LogP contribution in [-0.4, -0.2) is 72.5 Å². The van der Waals surface area contributed by atoms with E-state index in [0.717, 1.165) is 45.6 Å². The van der Waals surface area contributed by atoms with Gasteiger partial charge >= 0.3 is 0 Å². The first kappa shape index (κ1) is 13.3. The van der Waals surface area contributed by atoms with Crippen LogP contribution in [-0.2, 0) is 4.74 Å². The third-order valence-electron chi connectivity index (χ3n) is 3.76. The van der Waals surface area contributed by atoms with Gasteiger partial charge in [-0.2, -0.15) is 0 Å². The molecule has 1 N–H and O–H groups in total. The maximum absolute atomic E-state index is 10.6. The summed E-state index contributed by atoms with van der Waals surface area (Å²) in [4.78, 5) is 4.59. The number of aliphatic hydroxyl groups is 1. The first-order chi connectivity index (χ1) is 7.97. The van der Waals surface area contributed by atoms with Gasteiger partial charge in [-0.05, 0) is 40.3 Å². The van der Waals surface area contributed by atoms with Crippen molar-refractivity contribution in [1.29, 1.82) is 0 Å². The van der Waals surface area contributed by atoms with Crippen molar-refractivity contribution >= 4 is 0 Å². The predicted molar refractivity (Wildman–Crippen MR) is 68.1 cm³/mol. The molecule has 2 rings (SSSR count). The van der Waals surface area contributed by atoms with Crippen LogP contribution >= 0.6 is 0 Å². The van der Waals surface area contributed by atoms with Gasteiger partial charge in [0.2, 0.25) is 0 Å². The summed E-state index contributed by atoms with van der Waals surface area (Å²) in [6.07, 6.45) is 2.59. The Hall–Kier alpha value is -0.160. The summed E-state index contributed by atoms with van der Waals surface area (Å²) in [5.41, 5.74) is -0.524. The van der Waals surface area contributed by atoms with Gasteiger partial charge < -0.3 is 14.7 Å². The number of morpholine rings is 1. The largest absolute Gasteiger partial charge is 0.387 e. The van der Waals surface area contributed by atoms with Crippen LogP contribution in [0.3, 0.4) is 0 Å². The second-order valence-electron chi connectivity index (χ2n) is 6.02. The van der Waals surface area contributed by atoms with Crippen molar-refractivity contribution in [3.63, 3.8) is 0 Å². The number of ether oxygens (including phenoxy) is 1. The summed E-state index contributed by atoms with van der Waals surface area (Å²) >= 11 is 0. The summed E-state index contributed by atoms with van der Waals surface area (Å²) in [5, 5.41) is 10.6. The van der Waals surface area contributed by atoms with E-state index in [2.05, 4.69) is 30.7 Å². The zero-order valence-electron chi connectivity index (χ0n) is 11.4. The number of nitrogens with zero attached hydrogens (tertiary/aromatic N) is 2. The molecule has 0 aromatic rings. The average Bonchev–Trinajstić information content (AvgIpc) is 2.13. The van der Waals surface area contributed by atoms with E-state index in [4.69, 9.17) is 4.74 Å². The van der Waals surface area contributed by atoms with Crippen molar-refractivity contribution in [1.82, 2.24) is 9.80 Å². The van der Waals surface area contributed by atoms with Gasteiger partial charge in [-0.25, -0.2) is 0 Å². The number of hydrogen-bond acceptors (Lipinski definition) is 4. The van der Waals surface area contributed by atoms with Gasteiger partial charge in [-0.1, -0.05) is 0 Å². The Morgan fingerprint density at radius 3 is 2.53 bits per heavy atom. The van der Waals surface area contributed by atoms with Gasteiger partial charge in [-0.15, -0.1) is 0 Å². The standard InChI is InChI=1S/C13H26N2O2/c1-11-7-15(8-12(2)17-11)10-13(16)5-4-6-14(3)9-13/h11-12,16H,4-10H2,1-3H3/t11-,12-,13-/m1/s1. The number of likely N-dealkylation sites (tertiary alicyclic amines) is 1. The zero-order valence-corrected chi connectivity index (χ0v) is 11.4. The molecular formula is C13H26N2O2. The molecule has 0 radical (unpaired) electrons. The highest BCUT2D eigenvalue weighted by Crippen LogP contribution is 2.23. The molecule has 0 spiro atoms. The molecule has 0 aromatic carbocycles. The molecule has 2 saturated heterocycles. The minimum Gasteiger partial charge on any atom is -0.387 e. The third kappa shape index (κ3) is 3.65. The molecule has 4 heteroatoms. The summed E-state index contributed by atoms with van der Waals surface area (Å²) in [5.74, 6) is 0. The highest BCUT2D eigenvalue weighted by molar-refractivity contribution is 4.90. The lowest BCUT2D eigenvalue weighted by atomic mass is 9.92. The molecule has 3 atom stereocenters. The zero-order chi connectivity index (χ0) is 12.5. The first-order valence-corrected chi connectivity index (χ1v) is 6.76. The van der Waals surface area contributed by atoms with E-state index in [1.54, 1.807) is 0 Å². The summed E-state index contributed by atoms with van der Waals surface area (Å²) in [7, 11) is 2.09. The topological polar surface area (TPSA) is 35.9 Å². The number of hydrogen-bond donors (Lipinski definition) is 1. The van der Waals surface area contributed by atoms with E-state index in [0.29, 0.717) is 0 Å². The summed E-state index contributed by atoms with van der Waals surface area (Å²) < 4.78 is 5.73. The second kappa shape index (κ2) is 5.22. The average molecular weight is 242 g/mol. The van der Waals surface area contributed by atoms with Crippen LogP contribution in [0.1, 0.15) is 26.7 Å². The summed E-state index contributed by atoms with van der Waals surface area (Å²) in [6, 6.07) is 0. The van der Waals surface area contributed by atoms with Gasteiger partial charge in [-0.3, -0.25) is 4.90 Å². The minimum absolute atomic E-state index is 0.281. The predicted octanol–water partition coefficient (Wildman–Crippen LogP) is 0.552. The molecule has 0 aromatic heterocycles. The Morgan fingerprint density at radius 1 is 1.29 bits per heavy atom. The first-order valence-electron chi connectivity index (χ1n) is 6.76. The Bertz CT molecular complexity index is 252. The lowest BCUT2D eigenvalue weighted by molar-refractivity contribution is -0.104. The van der Waals surface area contributed by atoms with E-state index >= 15 is 0 Å². The Morgan fingerprint density at radius 2 is 1.94 bits per heavy atom. The van der Waals surface area contributed by atoms with Crippen LogP contribution in [0.2, 0.25) is 0 Å². The van der Waals surface area contributed by atoms with Crippen molar-refractivity contribution < 1.29 is 9.84 Å². The van der Waals surface area contributed by atoms with Crippen molar-refractivity contribution in [3.8, 4) is 0 Å². The molecule has 0 saturated carbocycles. The Kier molecular flexibility index (Phi) is 4.08. The lowest BCUT2D eigenvalue weighted by Gasteiger charge is -2.43. The van der Waals surface area contributed by atoms with Crippen LogP contribution in [0.5, 0.6) is 0 Å². The highest BCUT2D eigenvalue weighted by atomic mass is 16.5. The molecule has 0 aliphatic carbocycles. The smallest absolute Gasteiger partial charge is 0.0900 e. The fraction of sp³-hybridized carbons (Fsp3) is 1.00. The van der Waals surface area contributed by atoms with Gasteiger partial charge in [0, 0.05) is 26.2 Å². The van der Waals surface area contributed by atoms with Crippen molar-refractivity contribution in [2.24, 2.45) is 0 Å². The fourth-order valence-electron chi connectivity index (χ4n) is 3.30. The minimum atomic E-state index is -0.524. The number of piperidine rings is 1. The highest BCUT2D eigenvalue weighted by Gasteiger charge is 2.35. The van der Waals surface area contributed by atoms with Crippen LogP contribution < -0.4 is 0 Å². The molecule has 17 heavy (non-hydrogen) atoms. The number of rotatable bonds is 2. The quantitative estimate of drug-likeness (QED) is 0.767. The van der Waals surface area contributed by atoms with Crippen LogP contribution in [0.15, 0.2) is 0 Å². The maximum Gasteiger partial charge on any atom is 0.0900 e. The third-order valence-corrected chi connectivity index (χ3v) is 3.76. The maximum atomic E-state index is 10.6. The molecule has 2 aliphatic heterocycles. The molecule has 100 valence electrons. The van der Waals surface area contributed by atoms with E-state index < -0.39 is 5.60 Å². The van der Waals surface area contributed by atoms with Gasteiger partial charge in [0.25, 0.3) is 0 Å². The molecule has 0 unspecified atom stereocenters. The SMILES string of the molecule is C[C@@H]1CN(C[C@@]2(O)CCCN(C)C2)C[C@@H](C)O1. The monoisotopic (exact) mass is 242 g/mol. The molecule has 0 bridgehead atoms. The van der Waals surface area contributed by atoms with Crippen LogP contribution in [0.4, 0.5) is 0 Å². The van der Waals surface area contributed by atoms with Crippen molar-refractivity contribution in [3.05, 3.63) is 0 Å². The van der Waals surface area contributed by atoms with E-state index in [9.17, 15) is 5.11 Å². The fourth-order valence-corrected chi connectivity index (χ4v) is 3.30. The van der Waals surface area contributed by atoms with Gasteiger partial charge in [0.05, 0.1) is 17.8 Å². The molecular weight excluding hydrogens is 216 g/mol. The number of likely N-dealkylation sites (N-methyl/N-ethyl adjacent to an activating group) is 1. The molecule has 0 amide bonds. The van der Waals surface area contributed by atoms with Crippen LogP contribution in [0.25, 0.3) is 0 Å². The molecule has 2 heterocycles. The van der Waals surface area contributed by atoms with Gasteiger partial charge in [0.1, 0.15) is 0 Å². The molecule has 4 nitrogen and oxygen atoms in total. The van der Waals surface area contributed by atoms with E-state index in [1.807, 2.05) is 0 Å². The van der Waals surface area contributed by atoms with Crippen molar-refractivity contribution in [2.75, 3.05) is 39.8 Å². The van der Waals surface area contributed by atoms with E-state index in [1.165, 1.54) is 0 Å². The van der Waals surface area contributed by atoms with E-state index in [-0.39, 0.29) is 12.2 Å². The van der Waals surface area contributed by atoms with Gasteiger partial charge in [0.15, 0.2) is 0 Å². The molecule has 2 aliphatic rings. The number of β-amino-alcohol motifs (C(OH)–C–C–N with tert-alkyl or cyclic N) is 1.